The van der Waals surface area contributed by atoms with Gasteiger partial charge in [0.05, 0.1) is 0 Å². The molecule has 0 saturated carbocycles. The molecule has 1 aliphatic carbocycles. The molecule has 1 unspecified atom stereocenters. The molecule has 14 heavy (non-hydrogen) atoms. The molecule has 0 amide bonds. The monoisotopic (exact) mass is 191 g/mol. The Balaban J connectivity index is 2.96. The summed E-state index contributed by atoms with van der Waals surface area (Å²) in [5.74, 6) is 0.615. The number of hydrogen-bond acceptors (Lipinski definition) is 1. The van der Waals surface area contributed by atoms with Crippen LogP contribution in [-0.2, 0) is 0 Å². The van der Waals surface area contributed by atoms with Crippen LogP contribution in [0.4, 0.5) is 0 Å². The summed E-state index contributed by atoms with van der Waals surface area (Å²) in [6.07, 6.45) is 9.57. The molecular formula is C13H21N. The van der Waals surface area contributed by atoms with Crippen LogP contribution in [0.5, 0.6) is 0 Å². The molecule has 0 spiro atoms. The van der Waals surface area contributed by atoms with Gasteiger partial charge in [-0.05, 0) is 25.3 Å². The van der Waals surface area contributed by atoms with Gasteiger partial charge in [0.25, 0.3) is 0 Å². The van der Waals surface area contributed by atoms with Crippen molar-refractivity contribution in [1.29, 1.82) is 0 Å². The van der Waals surface area contributed by atoms with Gasteiger partial charge in [-0.3, -0.25) is 0 Å². The summed E-state index contributed by atoms with van der Waals surface area (Å²) in [6.45, 7) is 8.72. The Morgan fingerprint density at radius 1 is 1.43 bits per heavy atom. The van der Waals surface area contributed by atoms with Crippen molar-refractivity contribution in [3.05, 3.63) is 35.6 Å². The Kier molecular flexibility index (Phi) is 3.20. The second kappa shape index (κ2) is 4.04. The zero-order chi connectivity index (χ0) is 10.8. The van der Waals surface area contributed by atoms with Crippen LogP contribution in [0, 0.1) is 11.3 Å². The van der Waals surface area contributed by atoms with Crippen molar-refractivity contribution in [3.8, 4) is 0 Å². The van der Waals surface area contributed by atoms with E-state index < -0.39 is 0 Å². The third kappa shape index (κ3) is 2.09. The van der Waals surface area contributed by atoms with E-state index >= 15 is 0 Å². The lowest BCUT2D eigenvalue weighted by molar-refractivity contribution is 0.469. The van der Waals surface area contributed by atoms with Crippen LogP contribution < -0.4 is 5.73 Å². The van der Waals surface area contributed by atoms with Gasteiger partial charge in [0.1, 0.15) is 0 Å². The maximum atomic E-state index is 6.03. The van der Waals surface area contributed by atoms with Crippen LogP contribution >= 0.6 is 0 Å². The molecule has 1 rings (SSSR count). The van der Waals surface area contributed by atoms with Gasteiger partial charge in [0, 0.05) is 11.1 Å². The molecule has 0 aliphatic heterocycles. The third-order valence-electron chi connectivity index (χ3n) is 2.98. The van der Waals surface area contributed by atoms with E-state index in [0.29, 0.717) is 5.92 Å². The number of hydrogen-bond donors (Lipinski definition) is 1. The number of nitrogens with two attached hydrogens (primary N) is 1. The second-order valence-corrected chi connectivity index (χ2v) is 4.61. The topological polar surface area (TPSA) is 26.0 Å². The molecule has 0 aromatic carbocycles. The van der Waals surface area contributed by atoms with Gasteiger partial charge in [-0.15, -0.1) is 0 Å². The maximum Gasteiger partial charge on any atom is 0.0286 e. The van der Waals surface area contributed by atoms with Crippen molar-refractivity contribution in [1.82, 2.24) is 0 Å². The van der Waals surface area contributed by atoms with Crippen LogP contribution in [0.1, 0.15) is 34.1 Å². The molecule has 0 heterocycles. The van der Waals surface area contributed by atoms with Crippen molar-refractivity contribution in [2.75, 3.05) is 0 Å². The van der Waals surface area contributed by atoms with Gasteiger partial charge in [-0.2, -0.15) is 0 Å². The lowest BCUT2D eigenvalue weighted by Crippen LogP contribution is -2.26. The predicted octanol–water partition coefficient (Wildman–Crippen LogP) is 3.40. The Bertz CT molecular complexity index is 294. The van der Waals surface area contributed by atoms with E-state index in [1.165, 1.54) is 5.57 Å². The van der Waals surface area contributed by atoms with E-state index in [0.717, 1.165) is 12.1 Å². The van der Waals surface area contributed by atoms with E-state index in [1.807, 2.05) is 6.92 Å². The van der Waals surface area contributed by atoms with E-state index in [2.05, 4.69) is 45.1 Å². The molecular weight excluding hydrogens is 170 g/mol. The summed E-state index contributed by atoms with van der Waals surface area (Å²) >= 11 is 0. The molecule has 0 radical (unpaired) electrons. The minimum absolute atomic E-state index is 0.0309. The van der Waals surface area contributed by atoms with E-state index in [4.69, 9.17) is 5.73 Å². The maximum absolute atomic E-state index is 6.03. The Labute approximate surface area is 87.4 Å². The summed E-state index contributed by atoms with van der Waals surface area (Å²) in [6, 6.07) is 0. The van der Waals surface area contributed by atoms with Crippen molar-refractivity contribution in [2.24, 2.45) is 17.1 Å². The lowest BCUT2D eigenvalue weighted by Gasteiger charge is -2.32. The molecule has 0 saturated heterocycles. The van der Waals surface area contributed by atoms with Crippen molar-refractivity contribution >= 4 is 0 Å². The van der Waals surface area contributed by atoms with Gasteiger partial charge in [0.15, 0.2) is 0 Å². The first-order chi connectivity index (χ1) is 6.49. The van der Waals surface area contributed by atoms with Gasteiger partial charge < -0.3 is 5.73 Å². The summed E-state index contributed by atoms with van der Waals surface area (Å²) < 4.78 is 0. The zero-order valence-corrected chi connectivity index (χ0v) is 9.67. The molecule has 0 aromatic heterocycles. The fourth-order valence-electron chi connectivity index (χ4n) is 1.89. The zero-order valence-electron chi connectivity index (χ0n) is 9.67. The Hall–Kier alpha value is -0.980. The highest BCUT2D eigenvalue weighted by Gasteiger charge is 2.28. The van der Waals surface area contributed by atoms with Crippen molar-refractivity contribution < 1.29 is 0 Å². The van der Waals surface area contributed by atoms with E-state index in [1.54, 1.807) is 0 Å². The van der Waals surface area contributed by atoms with Gasteiger partial charge in [-0.25, -0.2) is 0 Å². The summed E-state index contributed by atoms with van der Waals surface area (Å²) in [7, 11) is 0. The molecule has 1 aliphatic rings. The summed E-state index contributed by atoms with van der Waals surface area (Å²) in [4.78, 5) is 0. The van der Waals surface area contributed by atoms with E-state index in [9.17, 15) is 0 Å². The standard InChI is InChI=1S/C13H21N/c1-5-8-13(4)9-11(10(2)3)6-7-12(13)14/h5-8,10H,9,14H2,1-4H3/b8-5-. The fourth-order valence-corrected chi connectivity index (χ4v) is 1.89. The highest BCUT2D eigenvalue weighted by molar-refractivity contribution is 5.33. The Morgan fingerprint density at radius 2 is 2.07 bits per heavy atom. The Morgan fingerprint density at radius 3 is 2.57 bits per heavy atom. The van der Waals surface area contributed by atoms with Gasteiger partial charge in [-0.1, -0.05) is 44.6 Å². The predicted molar refractivity (Wildman–Crippen MR) is 62.7 cm³/mol. The van der Waals surface area contributed by atoms with Crippen LogP contribution in [0.3, 0.4) is 0 Å². The van der Waals surface area contributed by atoms with Crippen LogP contribution in [0.25, 0.3) is 0 Å². The first-order valence-corrected chi connectivity index (χ1v) is 5.30. The van der Waals surface area contributed by atoms with Gasteiger partial charge in [0.2, 0.25) is 0 Å². The van der Waals surface area contributed by atoms with E-state index in [-0.39, 0.29) is 5.41 Å². The highest BCUT2D eigenvalue weighted by Crippen LogP contribution is 2.38. The molecule has 1 heteroatoms. The fraction of sp³-hybridized carbons (Fsp3) is 0.538. The third-order valence-corrected chi connectivity index (χ3v) is 2.98. The summed E-state index contributed by atoms with van der Waals surface area (Å²) in [5, 5.41) is 0. The van der Waals surface area contributed by atoms with Crippen molar-refractivity contribution in [3.63, 3.8) is 0 Å². The van der Waals surface area contributed by atoms with Crippen LogP contribution in [0.15, 0.2) is 35.6 Å². The summed E-state index contributed by atoms with van der Waals surface area (Å²) in [5.41, 5.74) is 8.52. The SMILES string of the molecule is C/C=C\C1(C)CC(C(C)C)=CC=C1N. The second-order valence-electron chi connectivity index (χ2n) is 4.61. The molecule has 2 N–H and O–H groups in total. The first-order valence-electron chi connectivity index (χ1n) is 5.30. The molecule has 78 valence electrons. The van der Waals surface area contributed by atoms with Crippen molar-refractivity contribution in [2.45, 2.75) is 34.1 Å². The minimum atomic E-state index is 0.0309. The number of allylic oxidation sites excluding steroid dienone is 5. The van der Waals surface area contributed by atoms with Crippen LogP contribution in [0.2, 0.25) is 0 Å². The van der Waals surface area contributed by atoms with Gasteiger partial charge >= 0.3 is 0 Å². The largest absolute Gasteiger partial charge is 0.401 e. The lowest BCUT2D eigenvalue weighted by atomic mass is 9.74. The molecule has 1 nitrogen and oxygen atoms in total. The number of rotatable bonds is 2. The minimum Gasteiger partial charge on any atom is -0.401 e. The normalized spacial score (nSPS) is 28.1. The first kappa shape index (κ1) is 11.1. The molecule has 1 atom stereocenters. The molecule has 0 bridgehead atoms. The highest BCUT2D eigenvalue weighted by atomic mass is 14.6. The molecule has 0 fully saturated rings. The quantitative estimate of drug-likeness (QED) is 0.665. The smallest absolute Gasteiger partial charge is 0.0286 e. The molecule has 0 aromatic rings. The average Bonchev–Trinajstić information content (AvgIpc) is 2.10. The average molecular weight is 191 g/mol. The van der Waals surface area contributed by atoms with Crippen LogP contribution in [-0.4, -0.2) is 0 Å².